The first kappa shape index (κ1) is 11.2. The summed E-state index contributed by atoms with van der Waals surface area (Å²) < 4.78 is 38.5. The minimum atomic E-state index is -2.55. The van der Waals surface area contributed by atoms with Crippen molar-refractivity contribution >= 4 is 0 Å². The van der Waals surface area contributed by atoms with Gasteiger partial charge in [0.1, 0.15) is 6.17 Å². The van der Waals surface area contributed by atoms with Gasteiger partial charge in [0.25, 0.3) is 5.92 Å². The predicted octanol–water partition coefficient (Wildman–Crippen LogP) is 1.42. The number of halogens is 3. The fourth-order valence-corrected chi connectivity index (χ4v) is 2.30. The Kier molecular flexibility index (Phi) is 2.94. The fraction of sp³-hybridized carbons (Fsp3) is 1.00. The summed E-state index contributed by atoms with van der Waals surface area (Å²) in [6, 6.07) is 0.0845. The standard InChI is InChI=1S/C10H17F3N2/c1-15-6-10(12,13)4-9(15)5-14-8-2-7(11)3-8/h7-9,14H,2-6H2,1H3. The molecule has 2 aliphatic rings. The smallest absolute Gasteiger partial charge is 0.262 e. The quantitative estimate of drug-likeness (QED) is 0.776. The van der Waals surface area contributed by atoms with Gasteiger partial charge in [0, 0.05) is 25.0 Å². The molecule has 1 heterocycles. The maximum Gasteiger partial charge on any atom is 0.262 e. The molecule has 0 radical (unpaired) electrons. The number of hydrogen-bond acceptors (Lipinski definition) is 2. The molecular formula is C10H17F3N2. The molecular weight excluding hydrogens is 205 g/mol. The lowest BCUT2D eigenvalue weighted by atomic mass is 9.90. The van der Waals surface area contributed by atoms with Gasteiger partial charge >= 0.3 is 0 Å². The molecule has 2 rings (SSSR count). The Morgan fingerprint density at radius 2 is 2.07 bits per heavy atom. The number of likely N-dealkylation sites (N-methyl/N-ethyl adjacent to an activating group) is 1. The highest BCUT2D eigenvalue weighted by molar-refractivity contribution is 4.92. The van der Waals surface area contributed by atoms with E-state index in [1.54, 1.807) is 11.9 Å². The van der Waals surface area contributed by atoms with E-state index >= 15 is 0 Å². The molecule has 88 valence electrons. The molecule has 1 aliphatic carbocycles. The van der Waals surface area contributed by atoms with Crippen LogP contribution in [0.25, 0.3) is 0 Å². The summed E-state index contributed by atoms with van der Waals surface area (Å²) in [5.41, 5.74) is 0. The lowest BCUT2D eigenvalue weighted by molar-refractivity contribution is 0.0140. The Morgan fingerprint density at radius 1 is 1.40 bits per heavy atom. The van der Waals surface area contributed by atoms with Gasteiger partial charge in [0.05, 0.1) is 6.54 Å². The van der Waals surface area contributed by atoms with Crippen LogP contribution >= 0.6 is 0 Å². The molecule has 1 saturated heterocycles. The number of hydrogen-bond donors (Lipinski definition) is 1. The van der Waals surface area contributed by atoms with Crippen LogP contribution in [0.15, 0.2) is 0 Å². The Hall–Kier alpha value is -0.290. The fourth-order valence-electron chi connectivity index (χ4n) is 2.30. The van der Waals surface area contributed by atoms with E-state index < -0.39 is 12.1 Å². The van der Waals surface area contributed by atoms with Crippen molar-refractivity contribution in [1.29, 1.82) is 0 Å². The predicted molar refractivity (Wildman–Crippen MR) is 51.9 cm³/mol. The number of rotatable bonds is 3. The van der Waals surface area contributed by atoms with Crippen molar-refractivity contribution in [2.75, 3.05) is 20.1 Å². The van der Waals surface area contributed by atoms with Crippen molar-refractivity contribution in [1.82, 2.24) is 10.2 Å². The van der Waals surface area contributed by atoms with E-state index in [4.69, 9.17) is 0 Å². The van der Waals surface area contributed by atoms with E-state index in [0.717, 1.165) is 0 Å². The molecule has 0 aromatic carbocycles. The van der Waals surface area contributed by atoms with Crippen molar-refractivity contribution in [3.8, 4) is 0 Å². The Labute approximate surface area is 87.8 Å². The summed E-state index contributed by atoms with van der Waals surface area (Å²) in [5.74, 6) is -2.55. The largest absolute Gasteiger partial charge is 0.312 e. The SMILES string of the molecule is CN1CC(F)(F)CC1CNC1CC(F)C1. The molecule has 1 atom stereocenters. The maximum atomic E-state index is 13.0. The first-order valence-corrected chi connectivity index (χ1v) is 5.42. The molecule has 1 unspecified atom stereocenters. The van der Waals surface area contributed by atoms with Gasteiger partial charge in [0.2, 0.25) is 0 Å². The monoisotopic (exact) mass is 222 g/mol. The van der Waals surface area contributed by atoms with E-state index in [9.17, 15) is 13.2 Å². The van der Waals surface area contributed by atoms with Crippen LogP contribution in [-0.4, -0.2) is 49.2 Å². The average Bonchev–Trinajstić information content (AvgIpc) is 2.31. The van der Waals surface area contributed by atoms with Gasteiger partial charge in [-0.2, -0.15) is 0 Å². The first-order chi connectivity index (χ1) is 6.96. The molecule has 0 bridgehead atoms. The molecule has 5 heteroatoms. The van der Waals surface area contributed by atoms with Crippen LogP contribution in [0.5, 0.6) is 0 Å². The van der Waals surface area contributed by atoms with E-state index in [2.05, 4.69) is 5.32 Å². The second-order valence-corrected chi connectivity index (χ2v) is 4.80. The van der Waals surface area contributed by atoms with E-state index in [0.29, 0.717) is 19.4 Å². The first-order valence-electron chi connectivity index (χ1n) is 5.42. The molecule has 2 fully saturated rings. The van der Waals surface area contributed by atoms with E-state index in [1.165, 1.54) is 0 Å². The zero-order chi connectivity index (χ0) is 11.1. The summed E-state index contributed by atoms with van der Waals surface area (Å²) in [4.78, 5) is 1.68. The molecule has 0 aromatic heterocycles. The van der Waals surface area contributed by atoms with Gasteiger partial charge in [-0.05, 0) is 19.9 Å². The Balaban J connectivity index is 1.71. The molecule has 2 nitrogen and oxygen atoms in total. The number of likely N-dealkylation sites (tertiary alicyclic amines) is 1. The lowest BCUT2D eigenvalue weighted by Crippen LogP contribution is -2.47. The third kappa shape index (κ3) is 2.64. The molecule has 1 saturated carbocycles. The zero-order valence-corrected chi connectivity index (χ0v) is 8.85. The van der Waals surface area contributed by atoms with Crippen LogP contribution in [0.4, 0.5) is 13.2 Å². The van der Waals surface area contributed by atoms with Crippen LogP contribution in [0.3, 0.4) is 0 Å². The summed E-state index contributed by atoms with van der Waals surface area (Å²) in [6.45, 7) is 0.388. The highest BCUT2D eigenvalue weighted by Gasteiger charge is 2.43. The van der Waals surface area contributed by atoms with Gasteiger partial charge in [-0.25, -0.2) is 13.2 Å². The van der Waals surface area contributed by atoms with Gasteiger partial charge < -0.3 is 5.32 Å². The van der Waals surface area contributed by atoms with Crippen LogP contribution < -0.4 is 5.32 Å². The van der Waals surface area contributed by atoms with Crippen molar-refractivity contribution in [2.24, 2.45) is 0 Å². The summed E-state index contributed by atoms with van der Waals surface area (Å²) >= 11 is 0. The Bertz CT molecular complexity index is 229. The third-order valence-corrected chi connectivity index (χ3v) is 3.36. The van der Waals surface area contributed by atoms with Crippen molar-refractivity contribution < 1.29 is 13.2 Å². The molecule has 15 heavy (non-hydrogen) atoms. The zero-order valence-electron chi connectivity index (χ0n) is 8.85. The normalized spacial score (nSPS) is 40.4. The number of nitrogens with zero attached hydrogens (tertiary/aromatic N) is 1. The van der Waals surface area contributed by atoms with Gasteiger partial charge in [-0.1, -0.05) is 0 Å². The number of alkyl halides is 3. The molecule has 0 spiro atoms. The topological polar surface area (TPSA) is 15.3 Å². The van der Waals surface area contributed by atoms with Crippen molar-refractivity contribution in [2.45, 2.75) is 43.4 Å². The molecule has 0 amide bonds. The minimum Gasteiger partial charge on any atom is -0.312 e. The minimum absolute atomic E-state index is 0.0811. The van der Waals surface area contributed by atoms with Gasteiger partial charge in [-0.3, -0.25) is 4.90 Å². The maximum absolute atomic E-state index is 13.0. The van der Waals surface area contributed by atoms with Crippen LogP contribution in [0.2, 0.25) is 0 Å². The molecule has 0 aromatic rings. The van der Waals surface area contributed by atoms with Crippen LogP contribution in [0.1, 0.15) is 19.3 Å². The summed E-state index contributed by atoms with van der Waals surface area (Å²) in [5, 5.41) is 3.14. The van der Waals surface area contributed by atoms with Crippen LogP contribution in [-0.2, 0) is 0 Å². The van der Waals surface area contributed by atoms with E-state index in [-0.39, 0.29) is 25.0 Å². The molecule has 1 N–H and O–H groups in total. The third-order valence-electron chi connectivity index (χ3n) is 3.36. The van der Waals surface area contributed by atoms with Gasteiger partial charge in [-0.15, -0.1) is 0 Å². The van der Waals surface area contributed by atoms with Crippen molar-refractivity contribution in [3.05, 3.63) is 0 Å². The summed E-state index contributed by atoms with van der Waals surface area (Å²) in [6.07, 6.45) is 0.298. The second kappa shape index (κ2) is 3.94. The highest BCUT2D eigenvalue weighted by Crippen LogP contribution is 2.31. The Morgan fingerprint density at radius 3 is 2.53 bits per heavy atom. The molecule has 1 aliphatic heterocycles. The van der Waals surface area contributed by atoms with E-state index in [1.807, 2.05) is 0 Å². The lowest BCUT2D eigenvalue weighted by Gasteiger charge is -2.32. The number of nitrogens with one attached hydrogen (secondary N) is 1. The summed E-state index contributed by atoms with van der Waals surface area (Å²) in [7, 11) is 1.71. The van der Waals surface area contributed by atoms with Crippen LogP contribution in [0, 0.1) is 0 Å². The van der Waals surface area contributed by atoms with Crippen molar-refractivity contribution in [3.63, 3.8) is 0 Å². The average molecular weight is 222 g/mol. The van der Waals surface area contributed by atoms with Gasteiger partial charge in [0.15, 0.2) is 0 Å². The second-order valence-electron chi connectivity index (χ2n) is 4.80. The highest BCUT2D eigenvalue weighted by atomic mass is 19.3.